The second-order valence-corrected chi connectivity index (χ2v) is 7.65. The van der Waals surface area contributed by atoms with Crippen molar-refractivity contribution in [3.63, 3.8) is 0 Å². The molecule has 0 aliphatic carbocycles. The van der Waals surface area contributed by atoms with Crippen LogP contribution in [-0.4, -0.2) is 20.5 Å². The Bertz CT molecular complexity index is 908. The number of aromatic nitrogens is 1. The van der Waals surface area contributed by atoms with E-state index < -0.39 is 10.0 Å². The van der Waals surface area contributed by atoms with Crippen LogP contribution in [-0.2, 0) is 10.0 Å². The molecule has 3 rings (SSSR count). The third-order valence-electron chi connectivity index (χ3n) is 3.15. The Morgan fingerprint density at radius 2 is 1.92 bits per heavy atom. The summed E-state index contributed by atoms with van der Waals surface area (Å²) in [6, 6.07) is 14.1. The quantitative estimate of drug-likeness (QED) is 0.700. The van der Waals surface area contributed by atoms with E-state index in [-0.39, 0.29) is 4.21 Å². The maximum atomic E-state index is 12.2. The molecule has 0 bridgehead atoms. The minimum Gasteiger partial charge on any atom is -0.495 e. The van der Waals surface area contributed by atoms with E-state index in [1.807, 2.05) is 24.3 Å². The lowest BCUT2D eigenvalue weighted by molar-refractivity contribution is 0.417. The molecule has 6 nitrogen and oxygen atoms in total. The molecule has 1 aromatic carbocycles. The molecular weight excluding hydrogens is 346 g/mol. The monoisotopic (exact) mass is 361 g/mol. The number of thiophene rings is 1. The number of ether oxygens (including phenoxy) is 1. The highest BCUT2D eigenvalue weighted by atomic mass is 32.2. The Morgan fingerprint density at radius 3 is 2.58 bits per heavy atom. The zero-order valence-electron chi connectivity index (χ0n) is 12.8. The van der Waals surface area contributed by atoms with Gasteiger partial charge in [0.1, 0.15) is 15.8 Å². The number of nitrogens with one attached hydrogen (secondary N) is 2. The van der Waals surface area contributed by atoms with E-state index in [9.17, 15) is 8.42 Å². The molecule has 24 heavy (non-hydrogen) atoms. The summed E-state index contributed by atoms with van der Waals surface area (Å²) in [5.74, 6) is 1.28. The van der Waals surface area contributed by atoms with E-state index in [1.54, 1.807) is 36.8 Å². The van der Waals surface area contributed by atoms with Crippen LogP contribution in [0.4, 0.5) is 17.2 Å². The first kappa shape index (κ1) is 16.3. The van der Waals surface area contributed by atoms with Crippen LogP contribution in [0.15, 0.2) is 64.3 Å². The number of hydrogen-bond donors (Lipinski definition) is 2. The third kappa shape index (κ3) is 3.66. The molecule has 2 heterocycles. The topological polar surface area (TPSA) is 80.3 Å². The number of anilines is 3. The molecule has 0 atom stereocenters. The molecule has 0 amide bonds. The van der Waals surface area contributed by atoms with Gasteiger partial charge in [0.05, 0.1) is 24.7 Å². The Balaban J connectivity index is 1.74. The van der Waals surface area contributed by atoms with E-state index in [1.165, 1.54) is 6.20 Å². The highest BCUT2D eigenvalue weighted by Gasteiger charge is 2.15. The maximum absolute atomic E-state index is 12.2. The first-order valence-corrected chi connectivity index (χ1v) is 9.37. The standard InChI is InChI=1S/C16H15N3O3S2/c1-22-14-6-3-2-5-13(14)18-15-9-8-12(11-17-15)19-24(20,21)16-7-4-10-23-16/h2-11,19H,1H3,(H,17,18). The number of pyridine rings is 1. The van der Waals surface area contributed by atoms with Gasteiger partial charge in [-0.05, 0) is 35.7 Å². The van der Waals surface area contributed by atoms with Gasteiger partial charge in [-0.25, -0.2) is 13.4 Å². The molecule has 0 fully saturated rings. The van der Waals surface area contributed by atoms with Gasteiger partial charge >= 0.3 is 0 Å². The van der Waals surface area contributed by atoms with Gasteiger partial charge in [-0.2, -0.15) is 0 Å². The average Bonchev–Trinajstić information content (AvgIpc) is 3.12. The maximum Gasteiger partial charge on any atom is 0.271 e. The molecule has 124 valence electrons. The molecule has 0 saturated heterocycles. The molecule has 8 heteroatoms. The summed E-state index contributed by atoms with van der Waals surface area (Å²) in [6.45, 7) is 0. The number of para-hydroxylation sites is 2. The summed E-state index contributed by atoms with van der Waals surface area (Å²) in [6.07, 6.45) is 1.46. The van der Waals surface area contributed by atoms with Crippen LogP contribution in [0.25, 0.3) is 0 Å². The zero-order chi connectivity index (χ0) is 17.0. The zero-order valence-corrected chi connectivity index (χ0v) is 14.4. The predicted molar refractivity (Wildman–Crippen MR) is 95.6 cm³/mol. The lowest BCUT2D eigenvalue weighted by atomic mass is 10.3. The summed E-state index contributed by atoms with van der Waals surface area (Å²) in [7, 11) is -1.97. The van der Waals surface area contributed by atoms with Crippen molar-refractivity contribution >= 4 is 38.6 Å². The second-order valence-electron chi connectivity index (χ2n) is 4.79. The molecule has 0 radical (unpaired) electrons. The largest absolute Gasteiger partial charge is 0.495 e. The first-order valence-electron chi connectivity index (χ1n) is 7.01. The fourth-order valence-corrected chi connectivity index (χ4v) is 4.07. The summed E-state index contributed by atoms with van der Waals surface area (Å²) in [4.78, 5) is 4.22. The normalized spacial score (nSPS) is 11.0. The Morgan fingerprint density at radius 1 is 1.08 bits per heavy atom. The van der Waals surface area contributed by atoms with Crippen LogP contribution >= 0.6 is 11.3 Å². The third-order valence-corrected chi connectivity index (χ3v) is 5.92. The molecule has 2 aromatic heterocycles. The second kappa shape index (κ2) is 6.90. The molecule has 3 aromatic rings. The van der Waals surface area contributed by atoms with E-state index in [2.05, 4.69) is 15.0 Å². The van der Waals surface area contributed by atoms with Crippen LogP contribution in [0.2, 0.25) is 0 Å². The Hall–Kier alpha value is -2.58. The van der Waals surface area contributed by atoms with Crippen molar-refractivity contribution in [1.29, 1.82) is 0 Å². The molecule has 0 saturated carbocycles. The summed E-state index contributed by atoms with van der Waals surface area (Å²) >= 11 is 1.16. The molecule has 0 unspecified atom stereocenters. The van der Waals surface area contributed by atoms with Gasteiger partial charge < -0.3 is 10.1 Å². The average molecular weight is 361 g/mol. The van der Waals surface area contributed by atoms with E-state index in [0.29, 0.717) is 17.3 Å². The lowest BCUT2D eigenvalue weighted by Gasteiger charge is -2.11. The molecular formula is C16H15N3O3S2. The van der Waals surface area contributed by atoms with Gasteiger partial charge in [0, 0.05) is 0 Å². The van der Waals surface area contributed by atoms with Gasteiger partial charge in [-0.1, -0.05) is 18.2 Å². The van der Waals surface area contributed by atoms with Crippen LogP contribution in [0.3, 0.4) is 0 Å². The minimum absolute atomic E-state index is 0.263. The molecule has 0 aliphatic rings. The van der Waals surface area contributed by atoms with E-state index >= 15 is 0 Å². The highest BCUT2D eigenvalue weighted by molar-refractivity contribution is 7.94. The van der Waals surface area contributed by atoms with Crippen molar-refractivity contribution in [3.8, 4) is 5.75 Å². The fraction of sp³-hybridized carbons (Fsp3) is 0.0625. The summed E-state index contributed by atoms with van der Waals surface area (Å²) in [5.41, 5.74) is 1.17. The van der Waals surface area contributed by atoms with Gasteiger partial charge in [0.15, 0.2) is 0 Å². The van der Waals surface area contributed by atoms with Crippen molar-refractivity contribution in [2.75, 3.05) is 17.1 Å². The van der Waals surface area contributed by atoms with Gasteiger partial charge in [0.2, 0.25) is 0 Å². The Kier molecular flexibility index (Phi) is 4.68. The number of methoxy groups -OCH3 is 1. The molecule has 2 N–H and O–H groups in total. The summed E-state index contributed by atoms with van der Waals surface area (Å²) < 4.78 is 32.4. The van der Waals surface area contributed by atoms with Crippen molar-refractivity contribution < 1.29 is 13.2 Å². The van der Waals surface area contributed by atoms with Crippen LogP contribution < -0.4 is 14.8 Å². The van der Waals surface area contributed by atoms with Crippen molar-refractivity contribution in [1.82, 2.24) is 4.98 Å². The molecule has 0 aliphatic heterocycles. The van der Waals surface area contributed by atoms with Crippen LogP contribution in [0.5, 0.6) is 5.75 Å². The fourth-order valence-electron chi connectivity index (χ4n) is 2.04. The number of sulfonamides is 1. The first-order chi connectivity index (χ1) is 11.6. The van der Waals surface area contributed by atoms with Crippen molar-refractivity contribution in [3.05, 3.63) is 60.1 Å². The highest BCUT2D eigenvalue weighted by Crippen LogP contribution is 2.27. The number of hydrogen-bond acceptors (Lipinski definition) is 6. The van der Waals surface area contributed by atoms with Crippen LogP contribution in [0, 0.1) is 0 Å². The lowest BCUT2D eigenvalue weighted by Crippen LogP contribution is -2.11. The Labute approximate surface area is 144 Å². The van der Waals surface area contributed by atoms with Crippen molar-refractivity contribution in [2.24, 2.45) is 0 Å². The number of nitrogens with zero attached hydrogens (tertiary/aromatic N) is 1. The van der Waals surface area contributed by atoms with Crippen molar-refractivity contribution in [2.45, 2.75) is 4.21 Å². The molecule has 0 spiro atoms. The van der Waals surface area contributed by atoms with E-state index in [0.717, 1.165) is 17.0 Å². The number of benzene rings is 1. The van der Waals surface area contributed by atoms with Gasteiger partial charge in [-0.15, -0.1) is 11.3 Å². The minimum atomic E-state index is -3.56. The SMILES string of the molecule is COc1ccccc1Nc1ccc(NS(=O)(=O)c2cccs2)cn1. The number of rotatable bonds is 6. The summed E-state index contributed by atoms with van der Waals surface area (Å²) in [5, 5.41) is 4.85. The van der Waals surface area contributed by atoms with Gasteiger partial charge in [0.25, 0.3) is 10.0 Å². The smallest absolute Gasteiger partial charge is 0.271 e. The predicted octanol–water partition coefficient (Wildman–Crippen LogP) is 3.70. The van der Waals surface area contributed by atoms with Gasteiger partial charge in [-0.3, -0.25) is 4.72 Å². The van der Waals surface area contributed by atoms with E-state index in [4.69, 9.17) is 4.74 Å². The van der Waals surface area contributed by atoms with Crippen LogP contribution in [0.1, 0.15) is 0 Å².